The molecule has 2 aliphatic rings. The van der Waals surface area contributed by atoms with Gasteiger partial charge in [-0.25, -0.2) is 0 Å². The fourth-order valence-electron chi connectivity index (χ4n) is 3.14. The molecule has 1 N–H and O–H groups in total. The van der Waals surface area contributed by atoms with Crippen LogP contribution < -0.4 is 0 Å². The molecule has 82 valence electrons. The minimum atomic E-state index is -0.130. The van der Waals surface area contributed by atoms with Crippen molar-refractivity contribution in [1.29, 1.82) is 0 Å². The molecule has 1 heterocycles. The smallest absolute Gasteiger partial charge is 0.0624 e. The summed E-state index contributed by atoms with van der Waals surface area (Å²) in [7, 11) is 0. The van der Waals surface area contributed by atoms with Crippen LogP contribution >= 0.6 is 0 Å². The number of aliphatic hydroxyl groups excluding tert-OH is 1. The Labute approximate surface area is 86.6 Å². The molecule has 3 unspecified atom stereocenters. The summed E-state index contributed by atoms with van der Waals surface area (Å²) in [6.07, 6.45) is 4.67. The third-order valence-electron chi connectivity index (χ3n) is 4.20. The van der Waals surface area contributed by atoms with Gasteiger partial charge in [-0.1, -0.05) is 20.3 Å². The third-order valence-corrected chi connectivity index (χ3v) is 4.20. The summed E-state index contributed by atoms with van der Waals surface area (Å²) in [5.41, 5.74) is 0.335. The molecule has 1 saturated carbocycles. The monoisotopic (exact) mass is 198 g/mol. The molecule has 3 atom stereocenters. The highest BCUT2D eigenvalue weighted by molar-refractivity contribution is 4.92. The Bertz CT molecular complexity index is 194. The lowest BCUT2D eigenvalue weighted by atomic mass is 9.75. The van der Waals surface area contributed by atoms with Crippen LogP contribution in [0, 0.1) is 17.3 Å². The molecular weight excluding hydrogens is 176 g/mol. The lowest BCUT2D eigenvalue weighted by Crippen LogP contribution is -2.35. The van der Waals surface area contributed by atoms with E-state index < -0.39 is 0 Å². The van der Waals surface area contributed by atoms with Crippen molar-refractivity contribution in [1.82, 2.24) is 0 Å². The molecule has 1 aliphatic carbocycles. The number of aliphatic hydroxyl groups is 1. The minimum Gasteiger partial charge on any atom is -0.392 e. The predicted octanol–water partition coefficient (Wildman–Crippen LogP) is 2.21. The second kappa shape index (κ2) is 3.82. The van der Waals surface area contributed by atoms with E-state index in [2.05, 4.69) is 13.8 Å². The van der Waals surface area contributed by atoms with Gasteiger partial charge in [0, 0.05) is 12.5 Å². The SMILES string of the molecule is CC1(C)CCCC1C(O)C1CCOC1. The number of ether oxygens (including phenoxy) is 1. The Kier molecular flexibility index (Phi) is 2.85. The van der Waals surface area contributed by atoms with Crippen molar-refractivity contribution in [2.24, 2.45) is 17.3 Å². The predicted molar refractivity (Wildman–Crippen MR) is 56.1 cm³/mol. The molecule has 14 heavy (non-hydrogen) atoms. The summed E-state index contributed by atoms with van der Waals surface area (Å²) in [6.45, 7) is 6.20. The second-order valence-corrected chi connectivity index (χ2v) is 5.60. The summed E-state index contributed by atoms with van der Waals surface area (Å²) in [4.78, 5) is 0. The molecule has 2 heteroatoms. The summed E-state index contributed by atoms with van der Waals surface area (Å²) in [5.74, 6) is 0.895. The van der Waals surface area contributed by atoms with Crippen LogP contribution in [0.25, 0.3) is 0 Å². The molecule has 0 aromatic rings. The number of hydrogen-bond donors (Lipinski definition) is 1. The van der Waals surface area contributed by atoms with Crippen LogP contribution in [0.2, 0.25) is 0 Å². The zero-order valence-electron chi connectivity index (χ0n) is 9.33. The average Bonchev–Trinajstić information content (AvgIpc) is 2.71. The van der Waals surface area contributed by atoms with Crippen LogP contribution in [-0.2, 0) is 4.74 Å². The van der Waals surface area contributed by atoms with Crippen molar-refractivity contribution in [3.8, 4) is 0 Å². The fraction of sp³-hybridized carbons (Fsp3) is 1.00. The van der Waals surface area contributed by atoms with E-state index in [1.807, 2.05) is 0 Å². The number of hydrogen-bond acceptors (Lipinski definition) is 2. The molecule has 2 fully saturated rings. The normalized spacial score (nSPS) is 38.8. The maximum absolute atomic E-state index is 10.3. The van der Waals surface area contributed by atoms with Crippen LogP contribution in [0.1, 0.15) is 39.5 Å². The Morgan fingerprint density at radius 2 is 2.14 bits per heavy atom. The zero-order valence-corrected chi connectivity index (χ0v) is 9.33. The second-order valence-electron chi connectivity index (χ2n) is 5.60. The van der Waals surface area contributed by atoms with E-state index in [9.17, 15) is 5.11 Å². The van der Waals surface area contributed by atoms with Gasteiger partial charge in [-0.3, -0.25) is 0 Å². The van der Waals surface area contributed by atoms with E-state index in [1.54, 1.807) is 0 Å². The average molecular weight is 198 g/mol. The van der Waals surface area contributed by atoms with E-state index in [4.69, 9.17) is 4.74 Å². The standard InChI is InChI=1S/C12H22O2/c1-12(2)6-3-4-10(12)11(13)9-5-7-14-8-9/h9-11,13H,3-8H2,1-2H3. The summed E-state index contributed by atoms with van der Waals surface area (Å²) in [6, 6.07) is 0. The van der Waals surface area contributed by atoms with E-state index in [0.717, 1.165) is 19.6 Å². The topological polar surface area (TPSA) is 29.5 Å². The molecule has 0 aromatic carbocycles. The summed E-state index contributed by atoms with van der Waals surface area (Å²) in [5, 5.41) is 10.3. The quantitative estimate of drug-likeness (QED) is 0.737. The van der Waals surface area contributed by atoms with E-state index in [1.165, 1.54) is 19.3 Å². The van der Waals surface area contributed by atoms with Gasteiger partial charge < -0.3 is 9.84 Å². The number of rotatable bonds is 2. The largest absolute Gasteiger partial charge is 0.392 e. The Balaban J connectivity index is 1.99. The highest BCUT2D eigenvalue weighted by Gasteiger charge is 2.42. The lowest BCUT2D eigenvalue weighted by molar-refractivity contribution is 0.00543. The van der Waals surface area contributed by atoms with Crippen LogP contribution in [-0.4, -0.2) is 24.4 Å². The van der Waals surface area contributed by atoms with Gasteiger partial charge in [-0.15, -0.1) is 0 Å². The molecule has 0 bridgehead atoms. The Morgan fingerprint density at radius 3 is 2.64 bits per heavy atom. The van der Waals surface area contributed by atoms with Crippen molar-refractivity contribution in [3.05, 3.63) is 0 Å². The van der Waals surface area contributed by atoms with Crippen LogP contribution in [0.5, 0.6) is 0 Å². The minimum absolute atomic E-state index is 0.130. The maximum atomic E-state index is 10.3. The maximum Gasteiger partial charge on any atom is 0.0624 e. The van der Waals surface area contributed by atoms with E-state index >= 15 is 0 Å². The van der Waals surface area contributed by atoms with Crippen molar-refractivity contribution in [2.75, 3.05) is 13.2 Å². The van der Waals surface area contributed by atoms with Gasteiger partial charge in [0.15, 0.2) is 0 Å². The molecular formula is C12H22O2. The Hall–Kier alpha value is -0.0800. The van der Waals surface area contributed by atoms with Crippen LogP contribution in [0.4, 0.5) is 0 Å². The van der Waals surface area contributed by atoms with E-state index in [-0.39, 0.29) is 6.10 Å². The van der Waals surface area contributed by atoms with Crippen molar-refractivity contribution in [2.45, 2.75) is 45.6 Å². The first-order chi connectivity index (χ1) is 6.61. The highest BCUT2D eigenvalue weighted by Crippen LogP contribution is 2.46. The molecule has 0 amide bonds. The van der Waals surface area contributed by atoms with Gasteiger partial charge in [0.25, 0.3) is 0 Å². The lowest BCUT2D eigenvalue weighted by Gasteiger charge is -2.33. The molecule has 0 aromatic heterocycles. The van der Waals surface area contributed by atoms with Crippen molar-refractivity contribution >= 4 is 0 Å². The molecule has 0 radical (unpaired) electrons. The van der Waals surface area contributed by atoms with Gasteiger partial charge in [0.2, 0.25) is 0 Å². The van der Waals surface area contributed by atoms with Crippen LogP contribution in [0.15, 0.2) is 0 Å². The Morgan fingerprint density at radius 1 is 1.36 bits per heavy atom. The molecule has 0 spiro atoms. The fourth-order valence-corrected chi connectivity index (χ4v) is 3.14. The summed E-state index contributed by atoms with van der Waals surface area (Å²) >= 11 is 0. The highest BCUT2D eigenvalue weighted by atomic mass is 16.5. The first-order valence-corrected chi connectivity index (χ1v) is 5.87. The first-order valence-electron chi connectivity index (χ1n) is 5.87. The summed E-state index contributed by atoms with van der Waals surface area (Å²) < 4.78 is 5.35. The molecule has 1 aliphatic heterocycles. The molecule has 2 nitrogen and oxygen atoms in total. The van der Waals surface area contributed by atoms with Gasteiger partial charge >= 0.3 is 0 Å². The third kappa shape index (κ3) is 1.82. The van der Waals surface area contributed by atoms with Gasteiger partial charge in [-0.2, -0.15) is 0 Å². The zero-order chi connectivity index (χ0) is 10.2. The molecule has 2 rings (SSSR count). The van der Waals surface area contributed by atoms with Gasteiger partial charge in [-0.05, 0) is 30.6 Å². The van der Waals surface area contributed by atoms with E-state index in [0.29, 0.717) is 17.3 Å². The van der Waals surface area contributed by atoms with Crippen LogP contribution in [0.3, 0.4) is 0 Å². The van der Waals surface area contributed by atoms with Crippen molar-refractivity contribution < 1.29 is 9.84 Å². The van der Waals surface area contributed by atoms with Crippen molar-refractivity contribution in [3.63, 3.8) is 0 Å². The first kappa shape index (κ1) is 10.4. The van der Waals surface area contributed by atoms with Gasteiger partial charge in [0.05, 0.1) is 12.7 Å². The molecule has 1 saturated heterocycles. The van der Waals surface area contributed by atoms with Gasteiger partial charge in [0.1, 0.15) is 0 Å².